The summed E-state index contributed by atoms with van der Waals surface area (Å²) in [6.45, 7) is 10.5. The van der Waals surface area contributed by atoms with Crippen molar-refractivity contribution in [2.24, 2.45) is 0 Å². The molecule has 0 aliphatic carbocycles. The molecule has 2 aliphatic rings. The number of hydrogen-bond donors (Lipinski definition) is 1. The second kappa shape index (κ2) is 11.8. The van der Waals surface area contributed by atoms with Gasteiger partial charge in [0.2, 0.25) is 0 Å². The Balaban J connectivity index is 1.61. The monoisotopic (exact) mass is 518 g/mol. The van der Waals surface area contributed by atoms with Gasteiger partial charge in [-0.25, -0.2) is 9.59 Å². The van der Waals surface area contributed by atoms with Crippen LogP contribution in [0.1, 0.15) is 61.1 Å². The smallest absolute Gasteiger partial charge is 0.338 e. The molecule has 0 saturated carbocycles. The van der Waals surface area contributed by atoms with Crippen molar-refractivity contribution in [2.45, 2.75) is 45.7 Å². The van der Waals surface area contributed by atoms with Crippen LogP contribution in [0.5, 0.6) is 0 Å². The van der Waals surface area contributed by atoms with Crippen molar-refractivity contribution in [2.75, 3.05) is 39.8 Å². The predicted molar refractivity (Wildman–Crippen MR) is 147 cm³/mol. The first kappa shape index (κ1) is 27.4. The number of likely N-dealkylation sites (N-methyl/N-ethyl adjacent to an activating group) is 1. The van der Waals surface area contributed by atoms with Gasteiger partial charge in [-0.3, -0.25) is 14.6 Å². The first-order chi connectivity index (χ1) is 18.2. The third kappa shape index (κ3) is 5.75. The number of urea groups is 1. The molecular formula is C30H38N4O4. The number of benzene rings is 2. The standard InChI is InChI=1S/C30H38N4O4/c1-6-38-29(36)26-25(32(5)30(37)31-27(26)23-14-12-22(13-15-23)20(2)3)19-33-16-17-34(21(4)18-33)28(35)24-10-8-7-9-11-24/h7-15,20-21,27H,6,16-19H2,1-5H3,(H,31,37)/t21-,27+/m0/s1. The molecule has 0 unspecified atom stereocenters. The molecule has 2 aliphatic heterocycles. The van der Waals surface area contributed by atoms with Crippen molar-refractivity contribution in [1.82, 2.24) is 20.0 Å². The van der Waals surface area contributed by atoms with Gasteiger partial charge in [0, 0.05) is 50.5 Å². The van der Waals surface area contributed by atoms with Gasteiger partial charge < -0.3 is 15.0 Å². The van der Waals surface area contributed by atoms with Gasteiger partial charge in [-0.15, -0.1) is 0 Å². The van der Waals surface area contributed by atoms with Crippen LogP contribution in [0.4, 0.5) is 4.79 Å². The lowest BCUT2D eigenvalue weighted by molar-refractivity contribution is -0.139. The molecule has 0 bridgehead atoms. The van der Waals surface area contributed by atoms with Crippen LogP contribution in [0, 0.1) is 0 Å². The van der Waals surface area contributed by atoms with Crippen molar-refractivity contribution >= 4 is 17.9 Å². The van der Waals surface area contributed by atoms with Crippen LogP contribution in [-0.2, 0) is 9.53 Å². The highest BCUT2D eigenvalue weighted by molar-refractivity contribution is 5.95. The van der Waals surface area contributed by atoms with Gasteiger partial charge in [0.25, 0.3) is 5.91 Å². The van der Waals surface area contributed by atoms with E-state index in [0.717, 1.165) is 5.56 Å². The van der Waals surface area contributed by atoms with Crippen LogP contribution < -0.4 is 5.32 Å². The number of carbonyl (C=O) groups excluding carboxylic acids is 3. The van der Waals surface area contributed by atoms with Crippen molar-refractivity contribution in [3.05, 3.63) is 82.6 Å². The molecular weight excluding hydrogens is 480 g/mol. The lowest BCUT2D eigenvalue weighted by Gasteiger charge is -2.42. The molecule has 38 heavy (non-hydrogen) atoms. The second-order valence-electron chi connectivity index (χ2n) is 10.3. The normalized spacial score (nSPS) is 20.5. The fourth-order valence-electron chi connectivity index (χ4n) is 5.16. The zero-order valence-corrected chi connectivity index (χ0v) is 22.9. The first-order valence-electron chi connectivity index (χ1n) is 13.3. The molecule has 1 fully saturated rings. The SMILES string of the molecule is CCOC(=O)C1=C(CN2CCN(C(=O)c3ccccc3)[C@@H](C)C2)N(C)C(=O)N[C@@H]1c1ccc(C(C)C)cc1. The Morgan fingerprint density at radius 2 is 1.74 bits per heavy atom. The van der Waals surface area contributed by atoms with E-state index in [2.05, 4.69) is 24.1 Å². The molecule has 2 aromatic carbocycles. The van der Waals surface area contributed by atoms with Crippen LogP contribution in [0.15, 0.2) is 65.9 Å². The fourth-order valence-corrected chi connectivity index (χ4v) is 5.16. The van der Waals surface area contributed by atoms with Gasteiger partial charge in [0.1, 0.15) is 0 Å². The number of ether oxygens (including phenoxy) is 1. The van der Waals surface area contributed by atoms with E-state index in [-0.39, 0.29) is 24.6 Å². The van der Waals surface area contributed by atoms with E-state index in [0.29, 0.717) is 48.9 Å². The molecule has 8 heteroatoms. The molecule has 0 aromatic heterocycles. The summed E-state index contributed by atoms with van der Waals surface area (Å²) >= 11 is 0. The number of amides is 3. The summed E-state index contributed by atoms with van der Waals surface area (Å²) in [6, 6.07) is 16.4. The summed E-state index contributed by atoms with van der Waals surface area (Å²) in [5.41, 5.74) is 3.77. The van der Waals surface area contributed by atoms with E-state index in [1.165, 1.54) is 10.5 Å². The molecule has 2 heterocycles. The number of hydrogen-bond acceptors (Lipinski definition) is 5. The van der Waals surface area contributed by atoms with Crippen LogP contribution in [-0.4, -0.2) is 78.5 Å². The Labute approximate surface area is 225 Å². The van der Waals surface area contributed by atoms with Crippen LogP contribution >= 0.6 is 0 Å². The average molecular weight is 519 g/mol. The minimum absolute atomic E-state index is 0.0169. The molecule has 2 aromatic rings. The third-order valence-electron chi connectivity index (χ3n) is 7.38. The van der Waals surface area contributed by atoms with E-state index in [1.54, 1.807) is 14.0 Å². The van der Waals surface area contributed by atoms with Gasteiger partial charge in [0.05, 0.1) is 18.2 Å². The largest absolute Gasteiger partial charge is 0.463 e. The summed E-state index contributed by atoms with van der Waals surface area (Å²) in [4.78, 5) is 45.0. The fraction of sp³-hybridized carbons (Fsp3) is 0.433. The molecule has 3 amide bonds. The second-order valence-corrected chi connectivity index (χ2v) is 10.3. The molecule has 1 N–H and O–H groups in total. The maximum atomic E-state index is 13.3. The molecule has 1 saturated heterocycles. The third-order valence-corrected chi connectivity index (χ3v) is 7.38. The van der Waals surface area contributed by atoms with E-state index in [9.17, 15) is 14.4 Å². The molecule has 8 nitrogen and oxygen atoms in total. The zero-order valence-electron chi connectivity index (χ0n) is 22.9. The van der Waals surface area contributed by atoms with Crippen molar-refractivity contribution in [1.29, 1.82) is 0 Å². The van der Waals surface area contributed by atoms with Crippen molar-refractivity contribution in [3.8, 4) is 0 Å². The van der Waals surface area contributed by atoms with Gasteiger partial charge >= 0.3 is 12.0 Å². The molecule has 0 spiro atoms. The maximum Gasteiger partial charge on any atom is 0.338 e. The Morgan fingerprint density at radius 3 is 2.34 bits per heavy atom. The number of nitrogens with zero attached hydrogens (tertiary/aromatic N) is 3. The zero-order chi connectivity index (χ0) is 27.4. The van der Waals surface area contributed by atoms with Gasteiger partial charge in [-0.2, -0.15) is 0 Å². The van der Waals surface area contributed by atoms with E-state index in [1.807, 2.05) is 66.4 Å². The van der Waals surface area contributed by atoms with Crippen molar-refractivity contribution in [3.63, 3.8) is 0 Å². The van der Waals surface area contributed by atoms with Crippen molar-refractivity contribution < 1.29 is 19.1 Å². The lowest BCUT2D eigenvalue weighted by atomic mass is 9.92. The van der Waals surface area contributed by atoms with Crippen LogP contribution in [0.3, 0.4) is 0 Å². The van der Waals surface area contributed by atoms with Gasteiger partial charge in [0.15, 0.2) is 0 Å². The highest BCUT2D eigenvalue weighted by Crippen LogP contribution is 2.32. The van der Waals surface area contributed by atoms with E-state index < -0.39 is 12.0 Å². The van der Waals surface area contributed by atoms with E-state index in [4.69, 9.17) is 4.74 Å². The number of nitrogens with one attached hydrogen (secondary N) is 1. The number of rotatable bonds is 7. The Hall–Kier alpha value is -3.65. The number of esters is 1. The lowest BCUT2D eigenvalue weighted by Crippen LogP contribution is -2.56. The number of carbonyl (C=O) groups is 3. The highest BCUT2D eigenvalue weighted by atomic mass is 16.5. The minimum Gasteiger partial charge on any atom is -0.463 e. The predicted octanol–water partition coefficient (Wildman–Crippen LogP) is 4.17. The van der Waals surface area contributed by atoms with Crippen LogP contribution in [0.2, 0.25) is 0 Å². The Bertz CT molecular complexity index is 1190. The first-order valence-corrected chi connectivity index (χ1v) is 13.3. The molecule has 2 atom stereocenters. The van der Waals surface area contributed by atoms with Crippen LogP contribution in [0.25, 0.3) is 0 Å². The quantitative estimate of drug-likeness (QED) is 0.557. The average Bonchev–Trinajstić information content (AvgIpc) is 2.91. The summed E-state index contributed by atoms with van der Waals surface area (Å²) in [5, 5.41) is 2.99. The molecule has 4 rings (SSSR count). The van der Waals surface area contributed by atoms with Gasteiger partial charge in [-0.05, 0) is 43.0 Å². The molecule has 202 valence electrons. The minimum atomic E-state index is -0.604. The summed E-state index contributed by atoms with van der Waals surface area (Å²) in [5.74, 6) is -0.0392. The summed E-state index contributed by atoms with van der Waals surface area (Å²) in [7, 11) is 1.68. The topological polar surface area (TPSA) is 82.2 Å². The maximum absolute atomic E-state index is 13.3. The molecule has 0 radical (unpaired) electrons. The Morgan fingerprint density at radius 1 is 1.05 bits per heavy atom. The summed E-state index contributed by atoms with van der Waals surface area (Å²) in [6.07, 6.45) is 0. The number of piperazine rings is 1. The summed E-state index contributed by atoms with van der Waals surface area (Å²) < 4.78 is 5.47. The van der Waals surface area contributed by atoms with Gasteiger partial charge in [-0.1, -0.05) is 56.3 Å². The Kier molecular flexibility index (Phi) is 8.52. The van der Waals surface area contributed by atoms with E-state index >= 15 is 0 Å². The highest BCUT2D eigenvalue weighted by Gasteiger charge is 2.38.